The first-order valence-electron chi connectivity index (χ1n) is 8.94. The van der Waals surface area contributed by atoms with E-state index in [-0.39, 0.29) is 0 Å². The van der Waals surface area contributed by atoms with Crippen molar-refractivity contribution in [2.75, 3.05) is 17.2 Å². The normalized spacial score (nSPS) is 14.1. The van der Waals surface area contributed by atoms with Crippen LogP contribution in [0.5, 0.6) is 0 Å². The topological polar surface area (TPSA) is 49.8 Å². The standard InChI is InChI=1S/C20H26N4/c1-2-16-8-10-18(11-9-16)23-19-13-15-22-20(24-19)21-14-12-17-6-4-3-5-7-17/h6,8-11,13,15H,2-5,7,12,14H2,1H3,(H2,21,22,23,24). The Morgan fingerprint density at radius 2 is 1.96 bits per heavy atom. The van der Waals surface area contributed by atoms with Crippen molar-refractivity contribution in [1.82, 2.24) is 9.97 Å². The number of hydrogen-bond acceptors (Lipinski definition) is 4. The van der Waals surface area contributed by atoms with E-state index in [1.165, 1.54) is 31.2 Å². The fraction of sp³-hybridized carbons (Fsp3) is 0.400. The number of hydrogen-bond donors (Lipinski definition) is 2. The average Bonchev–Trinajstić information content (AvgIpc) is 2.64. The number of allylic oxidation sites excluding steroid dienone is 1. The number of aryl methyl sites for hydroxylation is 1. The maximum atomic E-state index is 4.54. The second-order valence-corrected chi connectivity index (χ2v) is 6.23. The first-order valence-corrected chi connectivity index (χ1v) is 8.94. The van der Waals surface area contributed by atoms with Gasteiger partial charge < -0.3 is 10.6 Å². The van der Waals surface area contributed by atoms with Crippen LogP contribution in [0.3, 0.4) is 0 Å². The third-order valence-corrected chi connectivity index (χ3v) is 4.40. The molecule has 1 aromatic heterocycles. The molecule has 0 amide bonds. The minimum atomic E-state index is 0.682. The van der Waals surface area contributed by atoms with E-state index in [0.29, 0.717) is 5.95 Å². The molecule has 0 radical (unpaired) electrons. The summed E-state index contributed by atoms with van der Waals surface area (Å²) in [6, 6.07) is 10.3. The van der Waals surface area contributed by atoms with Gasteiger partial charge in [-0.15, -0.1) is 0 Å². The smallest absolute Gasteiger partial charge is 0.224 e. The highest BCUT2D eigenvalue weighted by molar-refractivity contribution is 5.57. The van der Waals surface area contributed by atoms with E-state index in [1.54, 1.807) is 11.8 Å². The van der Waals surface area contributed by atoms with Gasteiger partial charge >= 0.3 is 0 Å². The molecule has 126 valence electrons. The van der Waals surface area contributed by atoms with Crippen molar-refractivity contribution < 1.29 is 0 Å². The van der Waals surface area contributed by atoms with Crippen LogP contribution in [0.1, 0.15) is 44.6 Å². The second kappa shape index (κ2) is 8.48. The van der Waals surface area contributed by atoms with Crippen molar-refractivity contribution in [3.05, 3.63) is 53.7 Å². The van der Waals surface area contributed by atoms with Gasteiger partial charge in [0, 0.05) is 18.4 Å². The molecule has 0 fully saturated rings. The summed E-state index contributed by atoms with van der Waals surface area (Å²) in [4.78, 5) is 8.85. The van der Waals surface area contributed by atoms with Crippen LogP contribution in [0.4, 0.5) is 17.5 Å². The molecule has 0 atom stereocenters. The highest BCUT2D eigenvalue weighted by atomic mass is 15.1. The van der Waals surface area contributed by atoms with Crippen molar-refractivity contribution >= 4 is 17.5 Å². The van der Waals surface area contributed by atoms with Crippen LogP contribution in [-0.4, -0.2) is 16.5 Å². The van der Waals surface area contributed by atoms with Crippen LogP contribution in [0.25, 0.3) is 0 Å². The van der Waals surface area contributed by atoms with E-state index < -0.39 is 0 Å². The molecule has 1 heterocycles. The van der Waals surface area contributed by atoms with Gasteiger partial charge in [0.25, 0.3) is 0 Å². The molecule has 3 rings (SSSR count). The summed E-state index contributed by atoms with van der Waals surface area (Å²) in [6.07, 6.45) is 11.5. The minimum absolute atomic E-state index is 0.682. The Labute approximate surface area is 144 Å². The van der Waals surface area contributed by atoms with Crippen LogP contribution in [0, 0.1) is 0 Å². The molecular formula is C20H26N4. The van der Waals surface area contributed by atoms with Gasteiger partial charge in [0.2, 0.25) is 5.95 Å². The van der Waals surface area contributed by atoms with Gasteiger partial charge in [-0.2, -0.15) is 4.98 Å². The number of nitrogens with one attached hydrogen (secondary N) is 2. The number of benzene rings is 1. The van der Waals surface area contributed by atoms with E-state index in [9.17, 15) is 0 Å². The number of aromatic nitrogens is 2. The summed E-state index contributed by atoms with van der Waals surface area (Å²) in [5.74, 6) is 1.50. The van der Waals surface area contributed by atoms with Gasteiger partial charge in [-0.3, -0.25) is 0 Å². The Morgan fingerprint density at radius 1 is 1.08 bits per heavy atom. The molecule has 4 heteroatoms. The monoisotopic (exact) mass is 322 g/mol. The molecule has 2 N–H and O–H groups in total. The quantitative estimate of drug-likeness (QED) is 0.698. The third-order valence-electron chi connectivity index (χ3n) is 4.40. The molecule has 0 saturated heterocycles. The summed E-state index contributed by atoms with van der Waals surface area (Å²) in [5, 5.41) is 6.67. The van der Waals surface area contributed by atoms with Crippen molar-refractivity contribution in [1.29, 1.82) is 0 Å². The molecule has 1 aliphatic rings. The summed E-state index contributed by atoms with van der Waals surface area (Å²) in [7, 11) is 0. The summed E-state index contributed by atoms with van der Waals surface area (Å²) in [6.45, 7) is 3.05. The molecule has 24 heavy (non-hydrogen) atoms. The van der Waals surface area contributed by atoms with E-state index in [4.69, 9.17) is 0 Å². The Morgan fingerprint density at radius 3 is 2.71 bits per heavy atom. The van der Waals surface area contributed by atoms with Crippen molar-refractivity contribution in [3.8, 4) is 0 Å². The fourth-order valence-electron chi connectivity index (χ4n) is 2.95. The van der Waals surface area contributed by atoms with Crippen LogP contribution in [0.2, 0.25) is 0 Å². The van der Waals surface area contributed by atoms with E-state index in [2.05, 4.69) is 57.9 Å². The van der Waals surface area contributed by atoms with Gasteiger partial charge in [-0.05, 0) is 62.3 Å². The molecule has 1 aliphatic carbocycles. The fourth-order valence-corrected chi connectivity index (χ4v) is 2.95. The summed E-state index contributed by atoms with van der Waals surface area (Å²) in [5.41, 5.74) is 3.95. The first kappa shape index (κ1) is 16.5. The van der Waals surface area contributed by atoms with Crippen LogP contribution in [-0.2, 0) is 6.42 Å². The van der Waals surface area contributed by atoms with Gasteiger partial charge in [-0.1, -0.05) is 30.7 Å². The van der Waals surface area contributed by atoms with Crippen LogP contribution < -0.4 is 10.6 Å². The Hall–Kier alpha value is -2.36. The predicted molar refractivity (Wildman–Crippen MR) is 101 cm³/mol. The third kappa shape index (κ3) is 4.82. The molecule has 0 spiro atoms. The molecule has 0 unspecified atom stereocenters. The lowest BCUT2D eigenvalue weighted by atomic mass is 9.97. The Kier molecular flexibility index (Phi) is 5.83. The summed E-state index contributed by atoms with van der Waals surface area (Å²) < 4.78 is 0. The molecular weight excluding hydrogens is 296 g/mol. The van der Waals surface area contributed by atoms with Gasteiger partial charge in [0.05, 0.1) is 0 Å². The lowest BCUT2D eigenvalue weighted by Crippen LogP contribution is -2.08. The largest absolute Gasteiger partial charge is 0.354 e. The highest BCUT2D eigenvalue weighted by Gasteiger charge is 2.04. The second-order valence-electron chi connectivity index (χ2n) is 6.23. The number of nitrogens with zero attached hydrogens (tertiary/aromatic N) is 2. The molecule has 2 aromatic rings. The van der Waals surface area contributed by atoms with E-state index in [0.717, 1.165) is 30.9 Å². The average molecular weight is 322 g/mol. The highest BCUT2D eigenvalue weighted by Crippen LogP contribution is 2.20. The molecule has 0 saturated carbocycles. The molecule has 1 aromatic carbocycles. The van der Waals surface area contributed by atoms with Crippen molar-refractivity contribution in [2.24, 2.45) is 0 Å². The zero-order valence-corrected chi connectivity index (χ0v) is 14.4. The molecule has 4 nitrogen and oxygen atoms in total. The maximum Gasteiger partial charge on any atom is 0.224 e. The molecule has 0 bridgehead atoms. The van der Waals surface area contributed by atoms with Crippen molar-refractivity contribution in [3.63, 3.8) is 0 Å². The van der Waals surface area contributed by atoms with E-state index >= 15 is 0 Å². The van der Waals surface area contributed by atoms with Gasteiger partial charge in [-0.25, -0.2) is 4.98 Å². The van der Waals surface area contributed by atoms with Gasteiger partial charge in [0.1, 0.15) is 5.82 Å². The Bertz CT molecular complexity index is 676. The zero-order valence-electron chi connectivity index (χ0n) is 14.4. The Balaban J connectivity index is 1.54. The number of anilines is 3. The minimum Gasteiger partial charge on any atom is -0.354 e. The van der Waals surface area contributed by atoms with Crippen LogP contribution >= 0.6 is 0 Å². The maximum absolute atomic E-state index is 4.54. The van der Waals surface area contributed by atoms with E-state index in [1.807, 2.05) is 6.07 Å². The van der Waals surface area contributed by atoms with Crippen molar-refractivity contribution in [2.45, 2.75) is 45.4 Å². The summed E-state index contributed by atoms with van der Waals surface area (Å²) >= 11 is 0. The predicted octanol–water partition coefficient (Wildman–Crippen LogP) is 5.09. The SMILES string of the molecule is CCc1ccc(Nc2ccnc(NCCC3=CCCCC3)n2)cc1. The lowest BCUT2D eigenvalue weighted by molar-refractivity contribution is 0.679. The first-order chi connectivity index (χ1) is 11.8. The van der Waals surface area contributed by atoms with Gasteiger partial charge in [0.15, 0.2) is 0 Å². The van der Waals surface area contributed by atoms with Crippen LogP contribution in [0.15, 0.2) is 48.2 Å². The zero-order chi connectivity index (χ0) is 16.6. The lowest BCUT2D eigenvalue weighted by Gasteiger charge is -2.13. The molecule has 0 aliphatic heterocycles. The number of rotatable bonds is 7.